The molecule has 4 aromatic rings. The average Bonchev–Trinajstić information content (AvgIpc) is 2.95. The second kappa shape index (κ2) is 11.2. The topological polar surface area (TPSA) is 98.7 Å². The van der Waals surface area contributed by atoms with Gasteiger partial charge in [-0.3, -0.25) is 9.78 Å². The summed E-state index contributed by atoms with van der Waals surface area (Å²) in [6.45, 7) is 0.281. The van der Waals surface area contributed by atoms with Gasteiger partial charge in [0.15, 0.2) is 17.3 Å². The molecule has 0 bridgehead atoms. The van der Waals surface area contributed by atoms with Crippen LogP contribution in [0, 0.1) is 0 Å². The van der Waals surface area contributed by atoms with E-state index >= 15 is 0 Å². The number of amides is 1. The number of nitrogens with one attached hydrogen (secondary N) is 1. The van der Waals surface area contributed by atoms with Gasteiger partial charge in [-0.05, 0) is 36.4 Å². The molecule has 2 heterocycles. The number of benzene rings is 2. The SMILES string of the molecule is COc1cc(-c2ncc(C(=O)NCc3ccccn3)c(N(C)c3ccccc3)n2)cc(OC)c1OC. The van der Waals surface area contributed by atoms with Crippen LogP contribution in [0.15, 0.2) is 73.1 Å². The third-order valence-corrected chi connectivity index (χ3v) is 5.55. The van der Waals surface area contributed by atoms with Crippen molar-refractivity contribution in [1.82, 2.24) is 20.3 Å². The van der Waals surface area contributed by atoms with Crippen molar-refractivity contribution in [1.29, 1.82) is 0 Å². The van der Waals surface area contributed by atoms with Crippen molar-refractivity contribution in [2.45, 2.75) is 6.54 Å². The average molecular weight is 486 g/mol. The van der Waals surface area contributed by atoms with Gasteiger partial charge in [0.1, 0.15) is 11.4 Å². The van der Waals surface area contributed by atoms with E-state index in [1.807, 2.05) is 60.5 Å². The van der Waals surface area contributed by atoms with Gasteiger partial charge in [0.25, 0.3) is 5.91 Å². The Labute approximate surface area is 209 Å². The van der Waals surface area contributed by atoms with E-state index in [-0.39, 0.29) is 12.5 Å². The van der Waals surface area contributed by atoms with Crippen molar-refractivity contribution < 1.29 is 19.0 Å². The lowest BCUT2D eigenvalue weighted by molar-refractivity contribution is 0.0950. The van der Waals surface area contributed by atoms with E-state index < -0.39 is 0 Å². The molecule has 1 amide bonds. The molecule has 9 heteroatoms. The highest BCUT2D eigenvalue weighted by molar-refractivity contribution is 5.99. The molecule has 0 saturated carbocycles. The first kappa shape index (κ1) is 24.5. The molecule has 1 N–H and O–H groups in total. The molecule has 0 fully saturated rings. The Morgan fingerprint density at radius 1 is 0.917 bits per heavy atom. The van der Waals surface area contributed by atoms with Crippen LogP contribution >= 0.6 is 0 Å². The highest BCUT2D eigenvalue weighted by atomic mass is 16.5. The minimum atomic E-state index is -0.310. The Bertz CT molecular complexity index is 1310. The lowest BCUT2D eigenvalue weighted by Crippen LogP contribution is -2.26. The summed E-state index contributed by atoms with van der Waals surface area (Å²) in [5.41, 5.74) is 2.59. The van der Waals surface area contributed by atoms with Crippen LogP contribution in [0.4, 0.5) is 11.5 Å². The van der Waals surface area contributed by atoms with Gasteiger partial charge in [0.2, 0.25) is 5.75 Å². The van der Waals surface area contributed by atoms with E-state index in [0.717, 1.165) is 11.4 Å². The van der Waals surface area contributed by atoms with Crippen molar-refractivity contribution >= 4 is 17.4 Å². The number of carbonyl (C=O) groups is 1. The Morgan fingerprint density at radius 2 is 1.61 bits per heavy atom. The number of nitrogens with zero attached hydrogens (tertiary/aromatic N) is 4. The molecule has 0 radical (unpaired) electrons. The van der Waals surface area contributed by atoms with Crippen LogP contribution in [-0.2, 0) is 6.54 Å². The number of ether oxygens (including phenoxy) is 3. The molecule has 0 saturated heterocycles. The van der Waals surface area contributed by atoms with Gasteiger partial charge in [-0.2, -0.15) is 0 Å². The number of pyridine rings is 1. The largest absolute Gasteiger partial charge is 0.493 e. The van der Waals surface area contributed by atoms with E-state index in [0.29, 0.717) is 40.0 Å². The van der Waals surface area contributed by atoms with E-state index in [4.69, 9.17) is 19.2 Å². The number of hydrogen-bond donors (Lipinski definition) is 1. The van der Waals surface area contributed by atoms with Crippen LogP contribution in [0.2, 0.25) is 0 Å². The van der Waals surface area contributed by atoms with Gasteiger partial charge >= 0.3 is 0 Å². The summed E-state index contributed by atoms with van der Waals surface area (Å²) in [6.07, 6.45) is 3.21. The fraction of sp³-hybridized carbons (Fsp3) is 0.185. The minimum absolute atomic E-state index is 0.281. The highest BCUT2D eigenvalue weighted by Gasteiger charge is 2.21. The zero-order valence-electron chi connectivity index (χ0n) is 20.6. The van der Waals surface area contributed by atoms with Gasteiger partial charge in [-0.25, -0.2) is 9.97 Å². The molecule has 36 heavy (non-hydrogen) atoms. The van der Waals surface area contributed by atoms with Crippen LogP contribution in [-0.4, -0.2) is 49.2 Å². The summed E-state index contributed by atoms with van der Waals surface area (Å²) in [4.78, 5) is 28.6. The first-order chi connectivity index (χ1) is 17.5. The number of aromatic nitrogens is 3. The molecule has 9 nitrogen and oxygen atoms in total. The van der Waals surface area contributed by atoms with Crippen LogP contribution in [0.1, 0.15) is 16.1 Å². The molecule has 0 unspecified atom stereocenters. The maximum Gasteiger partial charge on any atom is 0.256 e. The molecular formula is C27H27N5O4. The normalized spacial score (nSPS) is 10.4. The molecule has 0 atom stereocenters. The molecule has 2 aromatic carbocycles. The summed E-state index contributed by atoms with van der Waals surface area (Å²) in [5.74, 6) is 1.95. The van der Waals surface area contributed by atoms with E-state index in [2.05, 4.69) is 15.3 Å². The number of anilines is 2. The smallest absolute Gasteiger partial charge is 0.256 e. The molecule has 0 aliphatic heterocycles. The Balaban J connectivity index is 1.76. The molecule has 4 rings (SSSR count). The number of methoxy groups -OCH3 is 3. The van der Waals surface area contributed by atoms with Crippen molar-refractivity contribution in [3.05, 3.63) is 84.3 Å². The van der Waals surface area contributed by atoms with Crippen LogP contribution in [0.3, 0.4) is 0 Å². The van der Waals surface area contributed by atoms with Crippen molar-refractivity contribution in [3.8, 4) is 28.6 Å². The van der Waals surface area contributed by atoms with Crippen LogP contribution in [0.25, 0.3) is 11.4 Å². The maximum absolute atomic E-state index is 13.2. The summed E-state index contributed by atoms with van der Waals surface area (Å²) in [6, 6.07) is 18.7. The molecule has 0 aliphatic carbocycles. The summed E-state index contributed by atoms with van der Waals surface area (Å²) < 4.78 is 16.4. The van der Waals surface area contributed by atoms with E-state index in [1.165, 1.54) is 6.20 Å². The molecule has 184 valence electrons. The predicted octanol–water partition coefficient (Wildman–Crippen LogP) is 4.26. The fourth-order valence-electron chi connectivity index (χ4n) is 3.68. The zero-order chi connectivity index (χ0) is 25.5. The lowest BCUT2D eigenvalue weighted by atomic mass is 10.1. The lowest BCUT2D eigenvalue weighted by Gasteiger charge is -2.22. The first-order valence-electron chi connectivity index (χ1n) is 11.2. The summed E-state index contributed by atoms with van der Waals surface area (Å²) in [7, 11) is 6.49. The van der Waals surface area contributed by atoms with Gasteiger partial charge < -0.3 is 24.4 Å². The zero-order valence-corrected chi connectivity index (χ0v) is 20.6. The molecule has 0 spiro atoms. The standard InChI is InChI=1S/C27H27N5O4/c1-32(20-11-6-5-7-12-20)26-21(27(33)30-16-19-10-8-9-13-28-19)17-29-25(31-26)18-14-22(34-2)24(36-4)23(15-18)35-3/h5-15,17H,16H2,1-4H3,(H,30,33). The second-order valence-corrected chi connectivity index (χ2v) is 7.74. The van der Waals surface area contributed by atoms with Gasteiger partial charge in [0, 0.05) is 30.7 Å². The fourth-order valence-corrected chi connectivity index (χ4v) is 3.68. The first-order valence-corrected chi connectivity index (χ1v) is 11.2. The number of hydrogen-bond acceptors (Lipinski definition) is 8. The van der Waals surface area contributed by atoms with Crippen LogP contribution < -0.4 is 24.4 Å². The highest BCUT2D eigenvalue weighted by Crippen LogP contribution is 2.41. The molecule has 0 aliphatic rings. The van der Waals surface area contributed by atoms with Gasteiger partial charge in [-0.15, -0.1) is 0 Å². The third-order valence-electron chi connectivity index (χ3n) is 5.55. The van der Waals surface area contributed by atoms with Crippen molar-refractivity contribution in [2.24, 2.45) is 0 Å². The molecular weight excluding hydrogens is 458 g/mol. The summed E-state index contributed by atoms with van der Waals surface area (Å²) in [5, 5.41) is 2.91. The van der Waals surface area contributed by atoms with E-state index in [9.17, 15) is 4.79 Å². The minimum Gasteiger partial charge on any atom is -0.493 e. The van der Waals surface area contributed by atoms with Gasteiger partial charge in [-0.1, -0.05) is 24.3 Å². The quantitative estimate of drug-likeness (QED) is 0.375. The Hall–Kier alpha value is -4.66. The monoisotopic (exact) mass is 485 g/mol. The molecule has 2 aromatic heterocycles. The number of para-hydroxylation sites is 1. The van der Waals surface area contributed by atoms with Crippen molar-refractivity contribution in [2.75, 3.05) is 33.3 Å². The van der Waals surface area contributed by atoms with Gasteiger partial charge in [0.05, 0.1) is 33.6 Å². The van der Waals surface area contributed by atoms with E-state index in [1.54, 1.807) is 39.7 Å². The number of rotatable bonds is 9. The van der Waals surface area contributed by atoms with Crippen LogP contribution in [0.5, 0.6) is 17.2 Å². The Kier molecular flexibility index (Phi) is 7.60. The van der Waals surface area contributed by atoms with Crippen molar-refractivity contribution in [3.63, 3.8) is 0 Å². The Morgan fingerprint density at radius 3 is 2.22 bits per heavy atom. The number of carbonyl (C=O) groups excluding carboxylic acids is 1. The predicted molar refractivity (Wildman–Crippen MR) is 137 cm³/mol. The third kappa shape index (κ3) is 5.20. The maximum atomic E-state index is 13.2. The second-order valence-electron chi connectivity index (χ2n) is 7.74. The summed E-state index contributed by atoms with van der Waals surface area (Å²) >= 11 is 0.